The second-order valence-corrected chi connectivity index (χ2v) is 4.87. The van der Waals surface area contributed by atoms with Crippen molar-refractivity contribution >= 4 is 11.8 Å². The quantitative estimate of drug-likeness (QED) is 0.692. The summed E-state index contributed by atoms with van der Waals surface area (Å²) in [6.07, 6.45) is 5.44. The maximum absolute atomic E-state index is 11.3. The SMILES string of the molecule is O=C1CCC(C2CCNC(=O)CC2)CCN1. The third kappa shape index (κ3) is 2.97. The van der Waals surface area contributed by atoms with E-state index in [-0.39, 0.29) is 11.8 Å². The van der Waals surface area contributed by atoms with Gasteiger partial charge >= 0.3 is 0 Å². The first-order valence-electron chi connectivity index (χ1n) is 6.29. The van der Waals surface area contributed by atoms with E-state index in [1.54, 1.807) is 0 Å². The molecule has 90 valence electrons. The average Bonchev–Trinajstić information content (AvgIpc) is 2.59. The molecular formula is C12H20N2O2. The monoisotopic (exact) mass is 224 g/mol. The van der Waals surface area contributed by atoms with Crippen LogP contribution in [0.1, 0.15) is 38.5 Å². The highest BCUT2D eigenvalue weighted by Crippen LogP contribution is 2.30. The van der Waals surface area contributed by atoms with E-state index in [2.05, 4.69) is 10.6 Å². The lowest BCUT2D eigenvalue weighted by Gasteiger charge is -2.23. The van der Waals surface area contributed by atoms with Crippen LogP contribution in [-0.2, 0) is 9.59 Å². The zero-order valence-electron chi connectivity index (χ0n) is 9.63. The molecule has 0 radical (unpaired) electrons. The fourth-order valence-electron chi connectivity index (χ4n) is 2.84. The molecule has 0 aliphatic carbocycles. The molecule has 0 spiro atoms. The number of amides is 2. The Kier molecular flexibility index (Phi) is 3.80. The van der Waals surface area contributed by atoms with E-state index >= 15 is 0 Å². The van der Waals surface area contributed by atoms with Gasteiger partial charge in [-0.1, -0.05) is 0 Å². The highest BCUT2D eigenvalue weighted by atomic mass is 16.2. The lowest BCUT2D eigenvalue weighted by atomic mass is 9.82. The minimum atomic E-state index is 0.185. The van der Waals surface area contributed by atoms with Gasteiger partial charge in [-0.25, -0.2) is 0 Å². The molecule has 0 bridgehead atoms. The van der Waals surface area contributed by atoms with Crippen molar-refractivity contribution in [2.45, 2.75) is 38.5 Å². The summed E-state index contributed by atoms with van der Waals surface area (Å²) in [7, 11) is 0. The number of carbonyl (C=O) groups is 2. The molecule has 2 unspecified atom stereocenters. The molecule has 2 fully saturated rings. The number of hydrogen-bond acceptors (Lipinski definition) is 2. The largest absolute Gasteiger partial charge is 0.356 e. The van der Waals surface area contributed by atoms with Crippen LogP contribution in [-0.4, -0.2) is 24.9 Å². The Morgan fingerprint density at radius 1 is 0.750 bits per heavy atom. The molecule has 4 heteroatoms. The van der Waals surface area contributed by atoms with Crippen LogP contribution in [0.3, 0.4) is 0 Å². The van der Waals surface area contributed by atoms with Crippen molar-refractivity contribution in [2.24, 2.45) is 11.8 Å². The first kappa shape index (κ1) is 11.4. The number of carbonyl (C=O) groups excluding carboxylic acids is 2. The molecule has 0 aromatic carbocycles. The third-order valence-corrected chi connectivity index (χ3v) is 3.83. The van der Waals surface area contributed by atoms with E-state index in [0.29, 0.717) is 24.7 Å². The number of hydrogen-bond donors (Lipinski definition) is 2. The van der Waals surface area contributed by atoms with Gasteiger partial charge < -0.3 is 10.6 Å². The minimum absolute atomic E-state index is 0.185. The molecule has 16 heavy (non-hydrogen) atoms. The van der Waals surface area contributed by atoms with Crippen LogP contribution in [0, 0.1) is 11.8 Å². The van der Waals surface area contributed by atoms with Gasteiger partial charge in [0.05, 0.1) is 0 Å². The van der Waals surface area contributed by atoms with E-state index in [9.17, 15) is 9.59 Å². The Morgan fingerprint density at radius 3 is 1.62 bits per heavy atom. The van der Waals surface area contributed by atoms with Gasteiger partial charge in [0.2, 0.25) is 11.8 Å². The summed E-state index contributed by atoms with van der Waals surface area (Å²) in [5.41, 5.74) is 0. The van der Waals surface area contributed by atoms with Crippen molar-refractivity contribution in [2.75, 3.05) is 13.1 Å². The molecule has 2 rings (SSSR count). The van der Waals surface area contributed by atoms with Gasteiger partial charge in [0, 0.05) is 25.9 Å². The zero-order valence-corrected chi connectivity index (χ0v) is 9.63. The van der Waals surface area contributed by atoms with Gasteiger partial charge in [-0.05, 0) is 37.5 Å². The van der Waals surface area contributed by atoms with Gasteiger partial charge in [0.1, 0.15) is 0 Å². The van der Waals surface area contributed by atoms with E-state index < -0.39 is 0 Å². The van der Waals surface area contributed by atoms with Gasteiger partial charge in [0.25, 0.3) is 0 Å². The molecule has 2 atom stereocenters. The van der Waals surface area contributed by atoms with Crippen molar-refractivity contribution in [3.63, 3.8) is 0 Å². The molecule has 0 aromatic rings. The number of rotatable bonds is 1. The standard InChI is InChI=1S/C12H20N2O2/c15-11-3-1-9(5-7-13-11)10-2-4-12(16)14-8-6-10/h9-10H,1-8H2,(H,13,15)(H,14,16). The molecule has 2 heterocycles. The fraction of sp³-hybridized carbons (Fsp3) is 0.833. The summed E-state index contributed by atoms with van der Waals surface area (Å²) >= 11 is 0. The third-order valence-electron chi connectivity index (χ3n) is 3.83. The fourth-order valence-corrected chi connectivity index (χ4v) is 2.84. The van der Waals surface area contributed by atoms with Gasteiger partial charge in [-0.3, -0.25) is 9.59 Å². The number of nitrogens with one attached hydrogen (secondary N) is 2. The molecule has 0 aromatic heterocycles. The van der Waals surface area contributed by atoms with Crippen LogP contribution in [0.2, 0.25) is 0 Å². The van der Waals surface area contributed by atoms with Crippen LogP contribution in [0.15, 0.2) is 0 Å². The maximum atomic E-state index is 11.3. The van der Waals surface area contributed by atoms with Gasteiger partial charge in [0.15, 0.2) is 0 Å². The average molecular weight is 224 g/mol. The first-order valence-corrected chi connectivity index (χ1v) is 6.29. The molecule has 2 aliphatic rings. The normalized spacial score (nSPS) is 32.2. The van der Waals surface area contributed by atoms with Crippen LogP contribution in [0.5, 0.6) is 0 Å². The van der Waals surface area contributed by atoms with E-state index in [1.807, 2.05) is 0 Å². The lowest BCUT2D eigenvalue weighted by Crippen LogP contribution is -2.22. The highest BCUT2D eigenvalue weighted by Gasteiger charge is 2.26. The maximum Gasteiger partial charge on any atom is 0.220 e. The van der Waals surface area contributed by atoms with Crippen LogP contribution in [0.25, 0.3) is 0 Å². The first-order chi connectivity index (χ1) is 7.75. The van der Waals surface area contributed by atoms with Crippen LogP contribution in [0.4, 0.5) is 0 Å². The summed E-state index contributed by atoms with van der Waals surface area (Å²) in [6, 6.07) is 0. The minimum Gasteiger partial charge on any atom is -0.356 e. The van der Waals surface area contributed by atoms with Crippen molar-refractivity contribution in [1.29, 1.82) is 0 Å². The summed E-state index contributed by atoms with van der Waals surface area (Å²) in [6.45, 7) is 1.61. The molecule has 2 N–H and O–H groups in total. The second kappa shape index (κ2) is 5.32. The topological polar surface area (TPSA) is 58.2 Å². The molecule has 2 aliphatic heterocycles. The summed E-state index contributed by atoms with van der Waals surface area (Å²) in [5.74, 6) is 1.61. The van der Waals surface area contributed by atoms with Crippen molar-refractivity contribution in [3.05, 3.63) is 0 Å². The summed E-state index contributed by atoms with van der Waals surface area (Å²) < 4.78 is 0. The van der Waals surface area contributed by atoms with Crippen molar-refractivity contribution < 1.29 is 9.59 Å². The van der Waals surface area contributed by atoms with Crippen molar-refractivity contribution in [3.8, 4) is 0 Å². The summed E-state index contributed by atoms with van der Waals surface area (Å²) in [4.78, 5) is 22.5. The molecule has 0 saturated carbocycles. The Balaban J connectivity index is 1.90. The second-order valence-electron chi connectivity index (χ2n) is 4.87. The molecule has 4 nitrogen and oxygen atoms in total. The van der Waals surface area contributed by atoms with Gasteiger partial charge in [-0.2, -0.15) is 0 Å². The highest BCUT2D eigenvalue weighted by molar-refractivity contribution is 5.76. The lowest BCUT2D eigenvalue weighted by molar-refractivity contribution is -0.121. The van der Waals surface area contributed by atoms with E-state index in [1.165, 1.54) is 0 Å². The Bertz CT molecular complexity index is 250. The molecular weight excluding hydrogens is 204 g/mol. The van der Waals surface area contributed by atoms with Crippen molar-refractivity contribution in [1.82, 2.24) is 10.6 Å². The Hall–Kier alpha value is -1.06. The molecule has 2 saturated heterocycles. The smallest absolute Gasteiger partial charge is 0.220 e. The van der Waals surface area contributed by atoms with Crippen LogP contribution < -0.4 is 10.6 Å². The van der Waals surface area contributed by atoms with Crippen LogP contribution >= 0.6 is 0 Å². The summed E-state index contributed by atoms with van der Waals surface area (Å²) in [5, 5.41) is 5.83. The Labute approximate surface area is 96.2 Å². The predicted octanol–water partition coefficient (Wildman–Crippen LogP) is 0.819. The Morgan fingerprint density at radius 2 is 1.19 bits per heavy atom. The zero-order chi connectivity index (χ0) is 11.4. The predicted molar refractivity (Wildman–Crippen MR) is 60.7 cm³/mol. The van der Waals surface area contributed by atoms with E-state index in [0.717, 1.165) is 38.8 Å². The van der Waals surface area contributed by atoms with Gasteiger partial charge in [-0.15, -0.1) is 0 Å². The van der Waals surface area contributed by atoms with E-state index in [4.69, 9.17) is 0 Å². The molecule has 2 amide bonds.